The van der Waals surface area contributed by atoms with Crippen molar-refractivity contribution in [2.75, 3.05) is 26.2 Å². The van der Waals surface area contributed by atoms with E-state index < -0.39 is 37.0 Å². The smallest absolute Gasteiger partial charge is 0.416 e. The van der Waals surface area contributed by atoms with Gasteiger partial charge in [0.1, 0.15) is 18.1 Å². The molecule has 1 unspecified atom stereocenters. The van der Waals surface area contributed by atoms with E-state index in [1.165, 1.54) is 24.3 Å². The van der Waals surface area contributed by atoms with E-state index in [9.17, 15) is 26.7 Å². The number of aliphatic carboxylic acids is 1. The highest BCUT2D eigenvalue weighted by Gasteiger charge is 2.33. The normalized spacial score (nSPS) is 16.6. The van der Waals surface area contributed by atoms with Gasteiger partial charge in [-0.25, -0.2) is 0 Å². The molecule has 2 aromatic carbocycles. The summed E-state index contributed by atoms with van der Waals surface area (Å²) in [6, 6.07) is 6.97. The number of halogens is 7. The van der Waals surface area contributed by atoms with E-state index in [-0.39, 0.29) is 60.6 Å². The van der Waals surface area contributed by atoms with E-state index in [1.807, 2.05) is 4.90 Å². The number of benzene rings is 2. The van der Waals surface area contributed by atoms with Crippen LogP contribution in [0, 0.1) is 0 Å². The molecule has 3 rings (SSSR count). The number of carbonyl (C=O) groups is 1. The number of carboxylic acid groups (broad SMARTS) is 1. The number of hydrogen-bond acceptors (Lipinski definition) is 5. The number of ether oxygens (including phenoxy) is 3. The molecule has 1 heterocycles. The van der Waals surface area contributed by atoms with Crippen molar-refractivity contribution in [3.63, 3.8) is 0 Å². The Morgan fingerprint density at radius 2 is 1.97 bits per heavy atom. The monoisotopic (exact) mass is 545 g/mol. The topological polar surface area (TPSA) is 68.2 Å². The van der Waals surface area contributed by atoms with Crippen LogP contribution >= 0.6 is 24.0 Å². The molecule has 0 amide bonds. The maximum atomic E-state index is 13.3. The van der Waals surface area contributed by atoms with Crippen molar-refractivity contribution in [3.8, 4) is 11.5 Å². The first kappa shape index (κ1) is 28.9. The molecule has 35 heavy (non-hydrogen) atoms. The van der Waals surface area contributed by atoms with Gasteiger partial charge in [0.25, 0.3) is 0 Å². The molecule has 1 atom stereocenters. The average molecular weight is 546 g/mol. The van der Waals surface area contributed by atoms with Crippen molar-refractivity contribution in [1.82, 2.24) is 4.90 Å². The van der Waals surface area contributed by atoms with Crippen LogP contribution in [0.25, 0.3) is 0 Å². The lowest BCUT2D eigenvalue weighted by atomic mass is 10.0. The highest BCUT2D eigenvalue weighted by molar-refractivity contribution is 6.31. The van der Waals surface area contributed by atoms with Crippen LogP contribution in [0.5, 0.6) is 11.5 Å². The number of carboxylic acids is 1. The molecule has 0 aromatic heterocycles. The highest BCUT2D eigenvalue weighted by Crippen LogP contribution is 2.38. The lowest BCUT2D eigenvalue weighted by Gasteiger charge is -2.33. The Kier molecular flexibility index (Phi) is 10.4. The number of hydrogen-bond donors (Lipinski definition) is 1. The summed E-state index contributed by atoms with van der Waals surface area (Å²) in [7, 11) is 0. The van der Waals surface area contributed by atoms with Gasteiger partial charge in [-0.2, -0.15) is 22.0 Å². The van der Waals surface area contributed by atoms with Gasteiger partial charge in [0.05, 0.1) is 35.3 Å². The van der Waals surface area contributed by atoms with Crippen LogP contribution < -0.4 is 9.47 Å². The molecule has 0 spiro atoms. The van der Waals surface area contributed by atoms with Gasteiger partial charge < -0.3 is 19.3 Å². The van der Waals surface area contributed by atoms with Crippen molar-refractivity contribution >= 4 is 30.0 Å². The van der Waals surface area contributed by atoms with E-state index in [1.54, 1.807) is 0 Å². The van der Waals surface area contributed by atoms with Gasteiger partial charge in [0, 0.05) is 25.2 Å². The molecule has 13 heteroatoms. The molecule has 0 saturated carbocycles. The first-order valence-corrected chi connectivity index (χ1v) is 10.5. The summed E-state index contributed by atoms with van der Waals surface area (Å²) in [5.74, 6) is -1.39. The van der Waals surface area contributed by atoms with Gasteiger partial charge in [0.15, 0.2) is 0 Å². The SMILES string of the molecule is Cl.O=C(O)CCN1CCOC(c2ccc(C(F)(F)F)cc2OCc2c(Cl)cccc2OC(F)F)C1. The largest absolute Gasteiger partial charge is 0.488 e. The van der Waals surface area contributed by atoms with Crippen molar-refractivity contribution in [2.24, 2.45) is 0 Å². The van der Waals surface area contributed by atoms with Gasteiger partial charge in [-0.3, -0.25) is 9.69 Å². The van der Waals surface area contributed by atoms with E-state index >= 15 is 0 Å². The van der Waals surface area contributed by atoms with Gasteiger partial charge in [-0.05, 0) is 24.3 Å². The lowest BCUT2D eigenvalue weighted by Crippen LogP contribution is -2.39. The predicted molar refractivity (Wildman–Crippen MR) is 118 cm³/mol. The van der Waals surface area contributed by atoms with E-state index in [0.717, 1.165) is 12.1 Å². The maximum Gasteiger partial charge on any atom is 0.416 e. The first-order valence-electron chi connectivity index (χ1n) is 10.2. The second-order valence-electron chi connectivity index (χ2n) is 7.44. The van der Waals surface area contributed by atoms with E-state index in [4.69, 9.17) is 26.2 Å². The third-order valence-corrected chi connectivity index (χ3v) is 5.50. The molecule has 0 radical (unpaired) electrons. The molecule has 6 nitrogen and oxygen atoms in total. The Labute approximate surface area is 208 Å². The van der Waals surface area contributed by atoms with E-state index in [0.29, 0.717) is 12.1 Å². The summed E-state index contributed by atoms with van der Waals surface area (Å²) in [4.78, 5) is 12.7. The van der Waals surface area contributed by atoms with Crippen LogP contribution in [-0.4, -0.2) is 48.8 Å². The number of morpholine rings is 1. The molecule has 1 fully saturated rings. The maximum absolute atomic E-state index is 13.3. The Bertz CT molecular complexity index is 1010. The van der Waals surface area contributed by atoms with Crippen LogP contribution in [0.3, 0.4) is 0 Å². The second kappa shape index (κ2) is 12.6. The fourth-order valence-corrected chi connectivity index (χ4v) is 3.70. The molecule has 1 saturated heterocycles. The molecular formula is C22H22Cl2F5NO5. The van der Waals surface area contributed by atoms with Crippen molar-refractivity contribution in [2.45, 2.75) is 31.9 Å². The summed E-state index contributed by atoms with van der Waals surface area (Å²) in [5.41, 5.74) is -0.620. The zero-order valence-electron chi connectivity index (χ0n) is 18.1. The van der Waals surface area contributed by atoms with Crippen LogP contribution in [0.1, 0.15) is 29.2 Å². The second-order valence-corrected chi connectivity index (χ2v) is 7.85. The fraction of sp³-hybridized carbons (Fsp3) is 0.409. The molecule has 194 valence electrons. The van der Waals surface area contributed by atoms with Crippen LogP contribution in [0.4, 0.5) is 22.0 Å². The van der Waals surface area contributed by atoms with Crippen LogP contribution in [-0.2, 0) is 22.3 Å². The standard InChI is InChI=1S/C22H21ClF5NO5.ClH/c23-16-2-1-3-17(34-21(24)25)15(16)12-33-18-10-13(22(26,27)28)4-5-14(18)19-11-29(8-9-32-19)7-6-20(30)31;/h1-5,10,19,21H,6-9,11-12H2,(H,30,31);1H. The van der Waals surface area contributed by atoms with Gasteiger partial charge >= 0.3 is 18.8 Å². The first-order chi connectivity index (χ1) is 16.0. The zero-order chi connectivity index (χ0) is 24.9. The molecule has 2 aromatic rings. The van der Waals surface area contributed by atoms with Gasteiger partial charge in [-0.1, -0.05) is 23.7 Å². The van der Waals surface area contributed by atoms with Crippen molar-refractivity contribution in [3.05, 3.63) is 58.1 Å². The minimum absolute atomic E-state index is 0. The van der Waals surface area contributed by atoms with Crippen LogP contribution in [0.2, 0.25) is 5.02 Å². The minimum atomic E-state index is -4.65. The van der Waals surface area contributed by atoms with E-state index in [2.05, 4.69) is 4.74 Å². The van der Waals surface area contributed by atoms with Crippen molar-refractivity contribution in [1.29, 1.82) is 0 Å². The molecule has 1 N–H and O–H groups in total. The highest BCUT2D eigenvalue weighted by atomic mass is 35.5. The number of rotatable bonds is 9. The molecular weight excluding hydrogens is 524 g/mol. The third-order valence-electron chi connectivity index (χ3n) is 5.14. The Morgan fingerprint density at radius 3 is 2.63 bits per heavy atom. The average Bonchev–Trinajstić information content (AvgIpc) is 2.76. The predicted octanol–water partition coefficient (Wildman–Crippen LogP) is 5.81. The molecule has 1 aliphatic heterocycles. The third kappa shape index (κ3) is 8.09. The Morgan fingerprint density at radius 1 is 1.23 bits per heavy atom. The summed E-state index contributed by atoms with van der Waals surface area (Å²) < 4.78 is 81.3. The summed E-state index contributed by atoms with van der Waals surface area (Å²) >= 11 is 6.09. The van der Waals surface area contributed by atoms with Gasteiger partial charge in [-0.15, -0.1) is 12.4 Å². The zero-order valence-corrected chi connectivity index (χ0v) is 19.6. The number of alkyl halides is 5. The minimum Gasteiger partial charge on any atom is -0.488 e. The Hall–Kier alpha value is -2.34. The summed E-state index contributed by atoms with van der Waals surface area (Å²) in [6.45, 7) is -2.38. The molecule has 0 aliphatic carbocycles. The quantitative estimate of drug-likeness (QED) is 0.401. The lowest BCUT2D eigenvalue weighted by molar-refractivity contribution is -0.138. The molecule has 0 bridgehead atoms. The van der Waals surface area contributed by atoms with Crippen molar-refractivity contribution < 1.29 is 46.1 Å². The summed E-state index contributed by atoms with van der Waals surface area (Å²) in [6.07, 6.45) is -5.43. The fourth-order valence-electron chi connectivity index (χ4n) is 3.48. The van der Waals surface area contributed by atoms with Crippen LogP contribution in [0.15, 0.2) is 36.4 Å². The molecule has 1 aliphatic rings. The van der Waals surface area contributed by atoms with Gasteiger partial charge in [0.2, 0.25) is 0 Å². The summed E-state index contributed by atoms with van der Waals surface area (Å²) in [5, 5.41) is 8.95. The number of nitrogens with zero attached hydrogens (tertiary/aromatic N) is 1. The Balaban J connectivity index is 0.00000432.